The first-order valence-electron chi connectivity index (χ1n) is 13.2. The molecule has 2 aromatic rings. The molecule has 8 heteroatoms. The van der Waals surface area contributed by atoms with Gasteiger partial charge in [0, 0.05) is 40.8 Å². The van der Waals surface area contributed by atoms with E-state index in [4.69, 9.17) is 4.98 Å². The lowest BCUT2D eigenvalue weighted by molar-refractivity contribution is -0.126. The van der Waals surface area contributed by atoms with Crippen LogP contribution >= 0.6 is 0 Å². The molecule has 1 saturated heterocycles. The predicted octanol–water partition coefficient (Wildman–Crippen LogP) is 4.35. The molecule has 1 atom stereocenters. The summed E-state index contributed by atoms with van der Waals surface area (Å²) in [5, 5.41) is 9.99. The van der Waals surface area contributed by atoms with Crippen molar-refractivity contribution in [3.63, 3.8) is 0 Å². The van der Waals surface area contributed by atoms with Crippen LogP contribution in [0.25, 0.3) is 0 Å². The van der Waals surface area contributed by atoms with Gasteiger partial charge in [-0.1, -0.05) is 12.6 Å². The summed E-state index contributed by atoms with van der Waals surface area (Å²) in [4.78, 5) is 36.8. The topological polar surface area (TPSA) is 99.2 Å². The first-order chi connectivity index (χ1) is 17.4. The van der Waals surface area contributed by atoms with Crippen molar-refractivity contribution in [3.05, 3.63) is 53.9 Å². The van der Waals surface area contributed by atoms with Crippen molar-refractivity contribution in [2.24, 2.45) is 17.8 Å². The third-order valence-electron chi connectivity index (χ3n) is 9.03. The average Bonchev–Trinajstić information content (AvgIpc) is 3.15. The Bertz CT molecular complexity index is 1240. The summed E-state index contributed by atoms with van der Waals surface area (Å²) < 4.78 is 0. The zero-order chi connectivity index (χ0) is 24.4. The molecule has 0 spiro atoms. The Morgan fingerprint density at radius 3 is 2.53 bits per heavy atom. The number of amides is 2. The van der Waals surface area contributed by atoms with Crippen LogP contribution in [0, 0.1) is 17.8 Å². The smallest absolute Gasteiger partial charge is 0.255 e. The van der Waals surface area contributed by atoms with Gasteiger partial charge in [0.15, 0.2) is 0 Å². The second-order valence-electron chi connectivity index (χ2n) is 11.6. The number of hydrogen-bond donors (Lipinski definition) is 3. The van der Waals surface area contributed by atoms with Crippen molar-refractivity contribution in [1.82, 2.24) is 20.2 Å². The maximum atomic E-state index is 13.2. The van der Waals surface area contributed by atoms with Crippen LogP contribution in [-0.2, 0) is 11.3 Å². The largest absolute Gasteiger partial charge is 0.349 e. The number of aromatic nitrogens is 2. The molecular weight excluding hydrogens is 452 g/mol. The lowest BCUT2D eigenvalue weighted by atomic mass is 9.53. The molecule has 3 heterocycles. The Kier molecular flexibility index (Phi) is 4.88. The van der Waals surface area contributed by atoms with Crippen LogP contribution in [0.3, 0.4) is 0 Å². The summed E-state index contributed by atoms with van der Waals surface area (Å²) in [7, 11) is 0. The average molecular weight is 485 g/mol. The van der Waals surface area contributed by atoms with E-state index in [1.807, 2.05) is 24.3 Å². The Morgan fingerprint density at radius 2 is 1.81 bits per heavy atom. The molecule has 3 N–H and O–H groups in total. The lowest BCUT2D eigenvalue weighted by Crippen LogP contribution is -2.55. The predicted molar refractivity (Wildman–Crippen MR) is 136 cm³/mol. The van der Waals surface area contributed by atoms with Crippen LogP contribution in [0.4, 0.5) is 17.5 Å². The van der Waals surface area contributed by atoms with E-state index >= 15 is 0 Å². The van der Waals surface area contributed by atoms with Gasteiger partial charge in [-0.15, -0.1) is 0 Å². The fraction of sp³-hybridized carbons (Fsp3) is 0.500. The summed E-state index contributed by atoms with van der Waals surface area (Å²) in [6, 6.07) is 7.06. The van der Waals surface area contributed by atoms with Crippen molar-refractivity contribution in [1.29, 1.82) is 0 Å². The van der Waals surface area contributed by atoms with Gasteiger partial charge < -0.3 is 20.9 Å². The van der Waals surface area contributed by atoms with Crippen LogP contribution in [0.1, 0.15) is 67.3 Å². The molecule has 2 amide bonds. The molecule has 8 rings (SSSR count). The number of piperidine rings is 1. The Morgan fingerprint density at radius 1 is 1.06 bits per heavy atom. The molecule has 4 saturated carbocycles. The summed E-state index contributed by atoms with van der Waals surface area (Å²) in [5.41, 5.74) is 3.22. The van der Waals surface area contributed by atoms with Gasteiger partial charge in [0.1, 0.15) is 11.9 Å². The standard InChI is InChI=1S/C28H32N6O2/c1-16-5-6-23(25(35)30-16)34-15-21-20(26(34)36)3-2-4-22(21)31-24-7-8-29-27(32-24)33-28-12-17-9-18(13-28)11-19(10-17)14-28/h2-4,7-8,17-19,23H,1,5-6,9-15H2,(H,30,35)(H2,29,31,32,33). The Labute approximate surface area is 211 Å². The quantitative estimate of drug-likeness (QED) is 0.584. The highest BCUT2D eigenvalue weighted by atomic mass is 16.2. The van der Waals surface area contributed by atoms with E-state index in [-0.39, 0.29) is 17.4 Å². The highest BCUT2D eigenvalue weighted by molar-refractivity contribution is 6.03. The van der Waals surface area contributed by atoms with E-state index in [9.17, 15) is 9.59 Å². The number of rotatable bonds is 5. The summed E-state index contributed by atoms with van der Waals surface area (Å²) >= 11 is 0. The fourth-order valence-electron chi connectivity index (χ4n) is 7.91. The minimum absolute atomic E-state index is 0.104. The minimum Gasteiger partial charge on any atom is -0.349 e. The Balaban J connectivity index is 1.10. The number of carbonyl (C=O) groups is 2. The van der Waals surface area contributed by atoms with Crippen molar-refractivity contribution in [3.8, 4) is 0 Å². The molecule has 1 aromatic carbocycles. The highest BCUT2D eigenvalue weighted by Gasteiger charge is 2.51. The number of nitrogens with one attached hydrogen (secondary N) is 3. The fourth-order valence-corrected chi connectivity index (χ4v) is 7.91. The Hall–Kier alpha value is -3.42. The monoisotopic (exact) mass is 484 g/mol. The number of carbonyl (C=O) groups excluding carboxylic acids is 2. The van der Waals surface area contributed by atoms with Crippen LogP contribution in [0.5, 0.6) is 0 Å². The van der Waals surface area contributed by atoms with E-state index in [1.54, 1.807) is 11.1 Å². The third-order valence-corrected chi connectivity index (χ3v) is 9.03. The van der Waals surface area contributed by atoms with E-state index in [1.165, 1.54) is 38.5 Å². The molecule has 6 aliphatic rings. The van der Waals surface area contributed by atoms with Crippen LogP contribution in [0.15, 0.2) is 42.7 Å². The molecular formula is C28H32N6O2. The van der Waals surface area contributed by atoms with E-state index in [0.717, 1.165) is 29.0 Å². The SMILES string of the molecule is C=C1CCC(N2Cc3c(Nc4ccnc(NC56CC7CC(CC(C7)C5)C6)n4)cccc3C2=O)C(=O)N1. The minimum atomic E-state index is -0.474. The number of fused-ring (bicyclic) bond motifs is 1. The second-order valence-corrected chi connectivity index (χ2v) is 11.6. The summed E-state index contributed by atoms with van der Waals surface area (Å²) in [6.07, 6.45) is 10.9. The second kappa shape index (κ2) is 8.05. The summed E-state index contributed by atoms with van der Waals surface area (Å²) in [5.74, 6) is 3.66. The third kappa shape index (κ3) is 3.65. The van der Waals surface area contributed by atoms with Gasteiger partial charge in [0.2, 0.25) is 11.9 Å². The van der Waals surface area contributed by atoms with E-state index < -0.39 is 6.04 Å². The molecule has 1 unspecified atom stereocenters. The van der Waals surface area contributed by atoms with Crippen molar-refractivity contribution < 1.29 is 9.59 Å². The molecule has 36 heavy (non-hydrogen) atoms. The molecule has 4 aliphatic carbocycles. The van der Waals surface area contributed by atoms with Crippen LogP contribution in [-0.4, -0.2) is 38.3 Å². The van der Waals surface area contributed by atoms with Crippen molar-refractivity contribution >= 4 is 29.3 Å². The number of allylic oxidation sites excluding steroid dienone is 1. The van der Waals surface area contributed by atoms with Gasteiger partial charge in [-0.3, -0.25) is 9.59 Å². The summed E-state index contributed by atoms with van der Waals surface area (Å²) in [6.45, 7) is 4.24. The number of anilines is 3. The molecule has 2 aliphatic heterocycles. The number of hydrogen-bond acceptors (Lipinski definition) is 6. The normalized spacial score (nSPS) is 32.4. The molecule has 4 bridgehead atoms. The van der Waals surface area contributed by atoms with Crippen LogP contribution in [0.2, 0.25) is 0 Å². The molecule has 8 nitrogen and oxygen atoms in total. The molecule has 0 radical (unpaired) electrons. The maximum Gasteiger partial charge on any atom is 0.255 e. The van der Waals surface area contributed by atoms with Gasteiger partial charge in [0.25, 0.3) is 5.91 Å². The first kappa shape index (κ1) is 21.8. The highest BCUT2D eigenvalue weighted by Crippen LogP contribution is 2.56. The lowest BCUT2D eigenvalue weighted by Gasteiger charge is -2.56. The van der Waals surface area contributed by atoms with Gasteiger partial charge in [0.05, 0.1) is 0 Å². The molecule has 1 aromatic heterocycles. The van der Waals surface area contributed by atoms with Crippen LogP contribution < -0.4 is 16.0 Å². The van der Waals surface area contributed by atoms with Gasteiger partial charge >= 0.3 is 0 Å². The van der Waals surface area contributed by atoms with Gasteiger partial charge in [-0.2, -0.15) is 4.98 Å². The van der Waals surface area contributed by atoms with E-state index in [2.05, 4.69) is 27.5 Å². The van der Waals surface area contributed by atoms with Crippen molar-refractivity contribution in [2.45, 2.75) is 69.5 Å². The zero-order valence-corrected chi connectivity index (χ0v) is 20.4. The number of nitrogens with zero attached hydrogens (tertiary/aromatic N) is 3. The van der Waals surface area contributed by atoms with Crippen molar-refractivity contribution in [2.75, 3.05) is 10.6 Å². The zero-order valence-electron chi connectivity index (χ0n) is 20.4. The first-order valence-corrected chi connectivity index (χ1v) is 13.2. The molecule has 186 valence electrons. The number of benzene rings is 1. The molecule has 5 fully saturated rings. The van der Waals surface area contributed by atoms with Gasteiger partial charge in [-0.25, -0.2) is 4.98 Å². The van der Waals surface area contributed by atoms with Gasteiger partial charge in [-0.05, 0) is 87.3 Å². The maximum absolute atomic E-state index is 13.2. The van der Waals surface area contributed by atoms with E-state index in [0.29, 0.717) is 42.4 Å².